The van der Waals surface area contributed by atoms with E-state index in [9.17, 15) is 9.59 Å². The van der Waals surface area contributed by atoms with Gasteiger partial charge >= 0.3 is 112 Å². The molecule has 0 unspecified atom stereocenters. The predicted molar refractivity (Wildman–Crippen MR) is 59.7 cm³/mol. The van der Waals surface area contributed by atoms with E-state index < -0.39 is 5.54 Å². The summed E-state index contributed by atoms with van der Waals surface area (Å²) >= 11 is 0.555. The van der Waals surface area contributed by atoms with Crippen LogP contribution in [0.5, 0.6) is 0 Å². The van der Waals surface area contributed by atoms with Gasteiger partial charge in [-0.15, -0.1) is 0 Å². The fourth-order valence-electron chi connectivity index (χ4n) is 1.95. The van der Waals surface area contributed by atoms with Crippen molar-refractivity contribution in [2.75, 3.05) is 20.2 Å². The molecule has 1 rings (SSSR count). The Morgan fingerprint density at radius 1 is 1.44 bits per heavy atom. The van der Waals surface area contributed by atoms with Crippen LogP contribution in [0.4, 0.5) is 0 Å². The summed E-state index contributed by atoms with van der Waals surface area (Å²) in [6.45, 7) is 3.33. The molecular formula is C10H17N2O3Pb. The van der Waals surface area contributed by atoms with Crippen molar-refractivity contribution in [2.24, 2.45) is 0 Å². The van der Waals surface area contributed by atoms with Crippen LogP contribution in [0.15, 0.2) is 0 Å². The molecule has 0 spiro atoms. The summed E-state index contributed by atoms with van der Waals surface area (Å²) in [6, 6.07) is 0. The number of amides is 1. The second kappa shape index (κ2) is 5.95. The van der Waals surface area contributed by atoms with Crippen LogP contribution >= 0.6 is 0 Å². The maximum atomic E-state index is 11.9. The zero-order chi connectivity index (χ0) is 12.2. The molecule has 1 fully saturated rings. The number of nitrogens with zero attached hydrogens (tertiary/aromatic N) is 1. The number of hydrogen-bond acceptors (Lipinski definition) is 4. The van der Waals surface area contributed by atoms with Crippen LogP contribution in [-0.2, 0) is 14.3 Å². The van der Waals surface area contributed by atoms with E-state index in [2.05, 4.69) is 5.32 Å². The summed E-state index contributed by atoms with van der Waals surface area (Å²) in [4.78, 5) is 23.7. The van der Waals surface area contributed by atoms with Gasteiger partial charge in [0.15, 0.2) is 0 Å². The summed E-state index contributed by atoms with van der Waals surface area (Å²) in [5.74, 6) is -0.232. The van der Waals surface area contributed by atoms with E-state index in [-0.39, 0.29) is 11.9 Å². The Morgan fingerprint density at radius 2 is 2.00 bits per heavy atom. The van der Waals surface area contributed by atoms with E-state index in [1.165, 1.54) is 7.11 Å². The Labute approximate surface area is 112 Å². The first-order valence-electron chi connectivity index (χ1n) is 5.42. The SMILES string of the molecule is CCC(=O)[N]([Pb])C1(C(=O)OC)CCNCC1. The summed E-state index contributed by atoms with van der Waals surface area (Å²) in [5, 5.41) is 3.20. The number of esters is 1. The van der Waals surface area contributed by atoms with Gasteiger partial charge in [0.05, 0.1) is 0 Å². The van der Waals surface area contributed by atoms with Crippen LogP contribution in [0.3, 0.4) is 0 Å². The Balaban J connectivity index is 2.93. The molecule has 1 saturated heterocycles. The first-order chi connectivity index (χ1) is 7.58. The summed E-state index contributed by atoms with van der Waals surface area (Å²) < 4.78 is 6.56. The molecule has 5 nitrogen and oxygen atoms in total. The molecule has 0 aromatic carbocycles. The van der Waals surface area contributed by atoms with Gasteiger partial charge in [-0.05, 0) is 0 Å². The molecule has 0 aromatic heterocycles. The molecule has 1 N–H and O–H groups in total. The summed E-state index contributed by atoms with van der Waals surface area (Å²) in [5.41, 5.74) is -0.709. The second-order valence-electron chi connectivity index (χ2n) is 3.86. The van der Waals surface area contributed by atoms with Crippen LogP contribution in [0.1, 0.15) is 26.2 Å². The first kappa shape index (κ1) is 13.9. The topological polar surface area (TPSA) is 58.6 Å². The number of nitrogens with one attached hydrogen (secondary N) is 1. The Hall–Kier alpha value is -0.178. The van der Waals surface area contributed by atoms with Gasteiger partial charge in [0.2, 0.25) is 0 Å². The van der Waals surface area contributed by atoms with Crippen LogP contribution in [0.25, 0.3) is 0 Å². The van der Waals surface area contributed by atoms with Gasteiger partial charge in [0, 0.05) is 0 Å². The molecule has 0 aromatic rings. The van der Waals surface area contributed by atoms with E-state index in [0.717, 1.165) is 13.1 Å². The van der Waals surface area contributed by atoms with Crippen molar-refractivity contribution in [3.05, 3.63) is 0 Å². The molecule has 6 heteroatoms. The molecule has 0 atom stereocenters. The molecule has 1 aliphatic heterocycles. The molecule has 0 aliphatic carbocycles. The maximum absolute atomic E-state index is 11.9. The van der Waals surface area contributed by atoms with Crippen molar-refractivity contribution in [3.63, 3.8) is 0 Å². The molecule has 1 aliphatic rings. The van der Waals surface area contributed by atoms with Gasteiger partial charge in [-0.2, -0.15) is 0 Å². The monoisotopic (exact) mass is 421 g/mol. The number of methoxy groups -OCH3 is 1. The van der Waals surface area contributed by atoms with Gasteiger partial charge < -0.3 is 0 Å². The van der Waals surface area contributed by atoms with Gasteiger partial charge in [0.25, 0.3) is 0 Å². The van der Waals surface area contributed by atoms with Crippen LogP contribution in [0, 0.1) is 0 Å². The summed E-state index contributed by atoms with van der Waals surface area (Å²) in [7, 11) is 1.39. The Morgan fingerprint density at radius 3 is 2.44 bits per heavy atom. The Bertz CT molecular complexity index is 277. The number of rotatable bonds is 3. The quantitative estimate of drug-likeness (QED) is 0.499. The van der Waals surface area contributed by atoms with Gasteiger partial charge in [-0.3, -0.25) is 0 Å². The molecule has 1 amide bonds. The van der Waals surface area contributed by atoms with E-state index in [1.54, 1.807) is 2.71 Å². The standard InChI is InChI=1S/C10H18N2O3.Pb/c1-3-8(13)12-10(9(14)15-2)4-6-11-7-5-10;/h11H,3-7H2,1-2H3,(H,12,13);/q;+1/p-1. The van der Waals surface area contributed by atoms with Crippen molar-refractivity contribution in [1.29, 1.82) is 0 Å². The third kappa shape index (κ3) is 2.56. The molecule has 89 valence electrons. The van der Waals surface area contributed by atoms with Gasteiger partial charge in [0.1, 0.15) is 0 Å². The number of hydrogen-bond donors (Lipinski definition) is 1. The van der Waals surface area contributed by atoms with Crippen LogP contribution in [-0.4, -0.2) is 66.4 Å². The van der Waals surface area contributed by atoms with E-state index in [1.807, 2.05) is 6.92 Å². The van der Waals surface area contributed by atoms with E-state index in [0.29, 0.717) is 45.3 Å². The van der Waals surface area contributed by atoms with Crippen molar-refractivity contribution >= 4 is 37.9 Å². The number of carbonyl (C=O) groups excluding carboxylic acids is 2. The van der Waals surface area contributed by atoms with Crippen LogP contribution < -0.4 is 5.32 Å². The zero-order valence-corrected chi connectivity index (χ0v) is 13.6. The number of ether oxygens (including phenoxy) is 1. The minimum absolute atomic E-state index is 0.0407. The van der Waals surface area contributed by atoms with Gasteiger partial charge in [-0.25, -0.2) is 0 Å². The first-order valence-corrected chi connectivity index (χ1v) is 7.15. The average molecular weight is 420 g/mol. The van der Waals surface area contributed by atoms with Crippen molar-refractivity contribution < 1.29 is 14.3 Å². The molecule has 1 heterocycles. The third-order valence-electron chi connectivity index (χ3n) is 2.98. The van der Waals surface area contributed by atoms with E-state index >= 15 is 0 Å². The summed E-state index contributed by atoms with van der Waals surface area (Å²) in [6.07, 6.45) is 1.74. The molecule has 16 heavy (non-hydrogen) atoms. The van der Waals surface area contributed by atoms with E-state index in [4.69, 9.17) is 4.74 Å². The minimum atomic E-state index is -0.709. The second-order valence-corrected chi connectivity index (χ2v) is 5.59. The fourth-order valence-corrected chi connectivity index (χ4v) is 3.78. The van der Waals surface area contributed by atoms with Crippen molar-refractivity contribution in [1.82, 2.24) is 8.03 Å². The van der Waals surface area contributed by atoms with Crippen molar-refractivity contribution in [3.8, 4) is 0 Å². The van der Waals surface area contributed by atoms with Gasteiger partial charge in [-0.1, -0.05) is 0 Å². The third-order valence-corrected chi connectivity index (χ3v) is 5.61. The zero-order valence-electron chi connectivity index (χ0n) is 9.71. The number of carbonyl (C=O) groups is 2. The average Bonchev–Trinajstić information content (AvgIpc) is 2.36. The Kier molecular flexibility index (Phi) is 5.16. The number of piperidine rings is 1. The molecule has 0 bridgehead atoms. The normalized spacial score (nSPS) is 18.9. The molecule has 3 radical (unpaired) electrons. The van der Waals surface area contributed by atoms with Crippen molar-refractivity contribution in [2.45, 2.75) is 31.7 Å². The molecule has 0 saturated carbocycles. The van der Waals surface area contributed by atoms with Crippen LogP contribution in [0.2, 0.25) is 0 Å². The predicted octanol–water partition coefficient (Wildman–Crippen LogP) is -0.396. The molecular weight excluding hydrogens is 403 g/mol. The fraction of sp³-hybridized carbons (Fsp3) is 0.800.